The number of carboxylic acid groups (broad SMARTS) is 1. The lowest BCUT2D eigenvalue weighted by atomic mass is 9.76. The first-order chi connectivity index (χ1) is 15.0. The number of hydrogen-bond acceptors (Lipinski definition) is 5. The maximum absolute atomic E-state index is 12.2. The van der Waals surface area contributed by atoms with Gasteiger partial charge in [0, 0.05) is 6.04 Å². The van der Waals surface area contributed by atoms with Crippen molar-refractivity contribution in [2.45, 2.75) is 84.0 Å². The molecule has 2 rings (SSSR count). The second kappa shape index (κ2) is 12.8. The Labute approximate surface area is 193 Å². The van der Waals surface area contributed by atoms with Gasteiger partial charge in [0.15, 0.2) is 0 Å². The molecule has 1 saturated carbocycles. The smallest absolute Gasteiger partial charge is 0.309 e. The lowest BCUT2D eigenvalue weighted by Crippen LogP contribution is -2.35. The van der Waals surface area contributed by atoms with Gasteiger partial charge in [-0.2, -0.15) is 0 Å². The molecule has 1 fully saturated rings. The summed E-state index contributed by atoms with van der Waals surface area (Å²) in [6.07, 6.45) is 5.20. The molecule has 0 aliphatic heterocycles. The second-order valence-corrected chi connectivity index (χ2v) is 9.68. The van der Waals surface area contributed by atoms with Crippen molar-refractivity contribution in [3.63, 3.8) is 0 Å². The zero-order valence-electron chi connectivity index (χ0n) is 20.3. The molecule has 0 saturated heterocycles. The zero-order valence-corrected chi connectivity index (χ0v) is 20.3. The highest BCUT2D eigenvalue weighted by molar-refractivity contribution is 5.78. The minimum absolute atomic E-state index is 0.0902. The molecule has 1 aromatic carbocycles. The monoisotopic (exact) mass is 447 g/mol. The molecule has 0 unspecified atom stereocenters. The van der Waals surface area contributed by atoms with Crippen molar-refractivity contribution in [1.82, 2.24) is 5.32 Å². The number of aliphatic hydroxyl groups is 1. The highest BCUT2D eigenvalue weighted by Gasteiger charge is 2.44. The average Bonchev–Trinajstić information content (AvgIpc) is 3.22. The average molecular weight is 448 g/mol. The first-order valence-corrected chi connectivity index (χ1v) is 11.4. The number of ether oxygens (including phenoxy) is 1. The van der Waals surface area contributed by atoms with Crippen LogP contribution in [0, 0.1) is 11.3 Å². The molecule has 1 aromatic rings. The summed E-state index contributed by atoms with van der Waals surface area (Å²) in [5.74, 6) is -1.52. The van der Waals surface area contributed by atoms with E-state index < -0.39 is 29.0 Å². The summed E-state index contributed by atoms with van der Waals surface area (Å²) in [7, 11) is 1.84. The fourth-order valence-electron chi connectivity index (χ4n) is 3.97. The van der Waals surface area contributed by atoms with E-state index in [0.29, 0.717) is 25.7 Å². The molecule has 0 bridgehead atoms. The Morgan fingerprint density at radius 1 is 1.22 bits per heavy atom. The summed E-state index contributed by atoms with van der Waals surface area (Å²) in [5, 5.41) is 22.3. The number of rotatable bonds is 9. The highest BCUT2D eigenvalue weighted by Crippen LogP contribution is 2.44. The van der Waals surface area contributed by atoms with E-state index in [0.717, 1.165) is 18.4 Å². The largest absolute Gasteiger partial charge is 0.481 e. The van der Waals surface area contributed by atoms with Crippen LogP contribution >= 0.6 is 0 Å². The standard InChI is InChI=1S/C16H26O4.C10H15NO/c1-5-8-12(13(17)20-15(2,3)4)11-16(14(18)19)9-6-7-10-16;1-8(11-2)10(12)9-6-4-3-5-7-9/h5,12H,1,6-11H2,2-4H3,(H,18,19);3-8,10-12H,1-2H3/t12-;8-,10+/m10/s1. The number of carbonyl (C=O) groups is 2. The molecule has 1 aliphatic carbocycles. The molecule has 0 spiro atoms. The number of allylic oxidation sites excluding steroid dienone is 1. The number of esters is 1. The molecule has 3 N–H and O–H groups in total. The van der Waals surface area contributed by atoms with E-state index in [1.165, 1.54) is 0 Å². The van der Waals surface area contributed by atoms with E-state index in [1.807, 2.05) is 65.1 Å². The molecule has 0 heterocycles. The second-order valence-electron chi connectivity index (χ2n) is 9.68. The fraction of sp³-hybridized carbons (Fsp3) is 0.615. The Morgan fingerprint density at radius 3 is 2.22 bits per heavy atom. The van der Waals surface area contributed by atoms with E-state index in [-0.39, 0.29) is 12.0 Å². The van der Waals surface area contributed by atoms with Crippen LogP contribution in [0.4, 0.5) is 0 Å². The summed E-state index contributed by atoms with van der Waals surface area (Å²) in [6.45, 7) is 11.1. The molecule has 0 aromatic heterocycles. The SMILES string of the molecule is C=CC[C@H](CC1(C(=O)O)CCCC1)C(=O)OC(C)(C)C.CN[C@@H](C)[C@@H](O)c1ccccc1. The molecule has 6 nitrogen and oxygen atoms in total. The number of likely N-dealkylation sites (N-methyl/N-ethyl adjacent to an activating group) is 1. The van der Waals surface area contributed by atoms with Crippen molar-refractivity contribution in [2.24, 2.45) is 11.3 Å². The first-order valence-electron chi connectivity index (χ1n) is 11.4. The first kappa shape index (κ1) is 27.9. The van der Waals surface area contributed by atoms with Gasteiger partial charge in [-0.05, 0) is 66.0 Å². The fourth-order valence-corrected chi connectivity index (χ4v) is 3.97. The van der Waals surface area contributed by atoms with Gasteiger partial charge in [-0.1, -0.05) is 49.2 Å². The number of benzene rings is 1. The predicted octanol–water partition coefficient (Wildman–Crippen LogP) is 4.88. The minimum Gasteiger partial charge on any atom is -0.481 e. The van der Waals surface area contributed by atoms with Crippen LogP contribution in [-0.2, 0) is 14.3 Å². The van der Waals surface area contributed by atoms with Crippen molar-refractivity contribution in [1.29, 1.82) is 0 Å². The number of carbonyl (C=O) groups excluding carboxylic acids is 1. The number of aliphatic hydroxyl groups excluding tert-OH is 1. The van der Waals surface area contributed by atoms with Gasteiger partial charge in [0.05, 0.1) is 17.4 Å². The van der Waals surface area contributed by atoms with Crippen molar-refractivity contribution >= 4 is 11.9 Å². The van der Waals surface area contributed by atoms with E-state index in [4.69, 9.17) is 4.74 Å². The summed E-state index contributed by atoms with van der Waals surface area (Å²) in [4.78, 5) is 23.8. The number of aliphatic carboxylic acids is 1. The van der Waals surface area contributed by atoms with Crippen LogP contribution in [-0.4, -0.2) is 40.8 Å². The molecule has 6 heteroatoms. The molecule has 180 valence electrons. The minimum atomic E-state index is -0.785. The predicted molar refractivity (Wildman–Crippen MR) is 127 cm³/mol. The zero-order chi connectivity index (χ0) is 24.4. The van der Waals surface area contributed by atoms with E-state index in [9.17, 15) is 19.8 Å². The summed E-state index contributed by atoms with van der Waals surface area (Å²) < 4.78 is 5.41. The number of hydrogen-bond donors (Lipinski definition) is 3. The van der Waals surface area contributed by atoms with Crippen molar-refractivity contribution in [3.8, 4) is 0 Å². The van der Waals surface area contributed by atoms with Crippen LogP contribution in [0.2, 0.25) is 0 Å². The van der Waals surface area contributed by atoms with Gasteiger partial charge in [-0.3, -0.25) is 9.59 Å². The summed E-state index contributed by atoms with van der Waals surface area (Å²) in [5.41, 5.74) is -0.355. The van der Waals surface area contributed by atoms with Crippen LogP contribution in [0.5, 0.6) is 0 Å². The Hall–Kier alpha value is -2.18. The maximum Gasteiger partial charge on any atom is 0.309 e. The summed E-state index contributed by atoms with van der Waals surface area (Å²) >= 11 is 0. The van der Waals surface area contributed by atoms with Crippen molar-refractivity contribution in [2.75, 3.05) is 7.05 Å². The van der Waals surface area contributed by atoms with Gasteiger partial charge in [-0.25, -0.2) is 0 Å². The maximum atomic E-state index is 12.2. The Bertz CT molecular complexity index is 719. The molecule has 32 heavy (non-hydrogen) atoms. The van der Waals surface area contributed by atoms with Crippen LogP contribution < -0.4 is 5.32 Å². The van der Waals surface area contributed by atoms with Gasteiger partial charge in [0.25, 0.3) is 0 Å². The Kier molecular flexibility index (Phi) is 11.1. The number of nitrogens with one attached hydrogen (secondary N) is 1. The molecular formula is C26H41NO5. The Balaban J connectivity index is 0.000000363. The highest BCUT2D eigenvalue weighted by atomic mass is 16.6. The summed E-state index contributed by atoms with van der Waals surface area (Å²) in [6, 6.07) is 9.76. The molecular weight excluding hydrogens is 406 g/mol. The lowest BCUT2D eigenvalue weighted by molar-refractivity contribution is -0.163. The topological polar surface area (TPSA) is 95.9 Å². The third-order valence-electron chi connectivity index (χ3n) is 5.91. The third-order valence-corrected chi connectivity index (χ3v) is 5.91. The Morgan fingerprint density at radius 2 is 1.78 bits per heavy atom. The molecule has 1 aliphatic rings. The van der Waals surface area contributed by atoms with Gasteiger partial charge < -0.3 is 20.3 Å². The molecule has 0 radical (unpaired) electrons. The molecule has 3 atom stereocenters. The van der Waals surface area contributed by atoms with Gasteiger partial charge >= 0.3 is 11.9 Å². The van der Waals surface area contributed by atoms with E-state index >= 15 is 0 Å². The van der Waals surface area contributed by atoms with Crippen LogP contribution in [0.1, 0.15) is 77.9 Å². The van der Waals surface area contributed by atoms with E-state index in [2.05, 4.69) is 11.9 Å². The normalized spacial score (nSPS) is 17.9. The third kappa shape index (κ3) is 8.75. The lowest BCUT2D eigenvalue weighted by Gasteiger charge is -2.29. The van der Waals surface area contributed by atoms with Gasteiger partial charge in [0.2, 0.25) is 0 Å². The van der Waals surface area contributed by atoms with Crippen LogP contribution in [0.3, 0.4) is 0 Å². The molecule has 0 amide bonds. The van der Waals surface area contributed by atoms with Gasteiger partial charge in [-0.15, -0.1) is 6.58 Å². The van der Waals surface area contributed by atoms with Crippen molar-refractivity contribution in [3.05, 3.63) is 48.6 Å². The van der Waals surface area contributed by atoms with Crippen LogP contribution in [0.25, 0.3) is 0 Å². The van der Waals surface area contributed by atoms with Crippen molar-refractivity contribution < 1.29 is 24.5 Å². The number of carboxylic acids is 1. The van der Waals surface area contributed by atoms with Gasteiger partial charge in [0.1, 0.15) is 5.60 Å². The quantitative estimate of drug-likeness (QED) is 0.369. The van der Waals surface area contributed by atoms with E-state index in [1.54, 1.807) is 6.08 Å². The van der Waals surface area contributed by atoms with Crippen LogP contribution in [0.15, 0.2) is 43.0 Å².